The summed E-state index contributed by atoms with van der Waals surface area (Å²) in [6.07, 6.45) is 2.51. The fraction of sp³-hybridized carbons (Fsp3) is 0.351. The Morgan fingerprint density at radius 2 is 1.45 bits per heavy atom. The maximum Gasteiger partial charge on any atom is 0.415 e. The first kappa shape index (κ1) is 32.1. The Morgan fingerprint density at radius 1 is 0.851 bits per heavy atom. The Morgan fingerprint density at radius 3 is 2.02 bits per heavy atom. The maximum absolute atomic E-state index is 13.3. The molecule has 3 aromatic carbocycles. The van der Waals surface area contributed by atoms with Gasteiger partial charge >= 0.3 is 6.09 Å². The van der Waals surface area contributed by atoms with E-state index in [0.29, 0.717) is 46.6 Å². The maximum atomic E-state index is 13.3. The number of aromatic nitrogens is 1. The number of likely N-dealkylation sites (N-methyl/N-ethyl adjacent to an activating group) is 1. The van der Waals surface area contributed by atoms with E-state index in [1.807, 2.05) is 33.0 Å². The molecule has 1 saturated carbocycles. The van der Waals surface area contributed by atoms with Crippen LogP contribution >= 0.6 is 0 Å². The molecule has 10 heteroatoms. The smallest absolute Gasteiger partial charge is 0.415 e. The number of nitrogens with zero attached hydrogens (tertiary/aromatic N) is 3. The number of ether oxygens (including phenoxy) is 3. The van der Waals surface area contributed by atoms with Crippen LogP contribution in [-0.4, -0.2) is 71.8 Å². The third kappa shape index (κ3) is 6.83. The van der Waals surface area contributed by atoms with Crippen molar-refractivity contribution >= 4 is 28.6 Å². The van der Waals surface area contributed by atoms with Gasteiger partial charge in [-0.05, 0) is 81.3 Å². The van der Waals surface area contributed by atoms with Crippen molar-refractivity contribution in [1.82, 2.24) is 14.8 Å². The number of ketones is 2. The number of hydrogen-bond acceptors (Lipinski definition) is 8. The van der Waals surface area contributed by atoms with Gasteiger partial charge in [-0.3, -0.25) is 19.5 Å². The molecule has 0 unspecified atom stereocenters. The lowest BCUT2D eigenvalue weighted by Crippen LogP contribution is -2.58. The van der Waals surface area contributed by atoms with E-state index in [9.17, 15) is 18.8 Å². The Labute approximate surface area is 273 Å². The van der Waals surface area contributed by atoms with E-state index in [-0.39, 0.29) is 48.1 Å². The molecule has 1 amide bonds. The Bertz CT molecular complexity index is 1790. The third-order valence-corrected chi connectivity index (χ3v) is 9.11. The van der Waals surface area contributed by atoms with Crippen LogP contribution in [0.3, 0.4) is 0 Å². The average Bonchev–Trinajstić information content (AvgIpc) is 3.85. The predicted molar refractivity (Wildman–Crippen MR) is 175 cm³/mol. The number of rotatable bonds is 10. The molecule has 6 rings (SSSR count). The first-order valence-electron chi connectivity index (χ1n) is 15.8. The predicted octanol–water partition coefficient (Wildman–Crippen LogP) is 6.40. The van der Waals surface area contributed by atoms with Gasteiger partial charge in [0.05, 0.1) is 18.0 Å². The van der Waals surface area contributed by atoms with Crippen molar-refractivity contribution in [3.63, 3.8) is 0 Å². The fourth-order valence-electron chi connectivity index (χ4n) is 6.50. The molecule has 1 aliphatic carbocycles. The van der Waals surface area contributed by atoms with Gasteiger partial charge in [0.1, 0.15) is 17.3 Å². The molecule has 47 heavy (non-hydrogen) atoms. The van der Waals surface area contributed by atoms with E-state index in [4.69, 9.17) is 14.2 Å². The van der Waals surface area contributed by atoms with Gasteiger partial charge < -0.3 is 19.1 Å². The summed E-state index contributed by atoms with van der Waals surface area (Å²) in [6.45, 7) is 5.52. The molecular weight excluding hydrogens is 601 g/mol. The molecule has 2 aliphatic rings. The summed E-state index contributed by atoms with van der Waals surface area (Å²) < 4.78 is 30.9. The van der Waals surface area contributed by atoms with Crippen molar-refractivity contribution in [2.24, 2.45) is 5.41 Å². The SMILES string of the molecule is COc1cc2c(Oc3ccc(CC(=O)C4(C(=O)Cc5ccc(F)cc5)CC4)cc3)ccnc2cc1OC(=O)N1[C@H](C)CN(C)C[C@@H]1C. The standard InChI is InChI=1S/C37H38FN3O6/c1-23-21-40(3)22-24(2)41(23)36(44)47-33-20-30-29(19-32(33)45-4)31(13-16-39-30)46-28-11-7-26(8-12-28)18-35(43)37(14-15-37)34(42)17-25-5-9-27(38)10-6-25/h5-13,16,19-20,23-24H,14-15,17-18,21-22H2,1-4H3/t23-,24+. The van der Waals surface area contributed by atoms with Crippen molar-refractivity contribution in [3.05, 3.63) is 89.9 Å². The number of halogens is 1. The van der Waals surface area contributed by atoms with E-state index in [1.54, 1.807) is 53.6 Å². The van der Waals surface area contributed by atoms with Crippen molar-refractivity contribution < 1.29 is 33.0 Å². The number of Topliss-reactive ketones (excluding diaryl/α,β-unsaturated/α-hetero) is 2. The number of carbonyl (C=O) groups is 3. The second kappa shape index (κ2) is 13.1. The van der Waals surface area contributed by atoms with Gasteiger partial charge in [-0.15, -0.1) is 0 Å². The third-order valence-electron chi connectivity index (χ3n) is 9.11. The molecule has 9 nitrogen and oxygen atoms in total. The molecule has 0 bridgehead atoms. The average molecular weight is 640 g/mol. The molecule has 4 aromatic rings. The van der Waals surface area contributed by atoms with Crippen LogP contribution < -0.4 is 14.2 Å². The number of methoxy groups -OCH3 is 1. The van der Waals surface area contributed by atoms with Crippen LogP contribution in [0, 0.1) is 11.2 Å². The lowest BCUT2D eigenvalue weighted by Gasteiger charge is -2.42. The normalized spacial score (nSPS) is 18.9. The quantitative estimate of drug-likeness (QED) is 0.184. The van der Waals surface area contributed by atoms with Crippen molar-refractivity contribution in [2.45, 2.75) is 51.6 Å². The van der Waals surface area contributed by atoms with Crippen LogP contribution in [-0.2, 0) is 22.4 Å². The summed E-state index contributed by atoms with van der Waals surface area (Å²) in [6, 6.07) is 18.1. The summed E-state index contributed by atoms with van der Waals surface area (Å²) in [5.74, 6) is 1.14. The van der Waals surface area contributed by atoms with Crippen LogP contribution in [0.1, 0.15) is 37.8 Å². The van der Waals surface area contributed by atoms with Gasteiger partial charge in [-0.25, -0.2) is 9.18 Å². The van der Waals surface area contributed by atoms with Crippen LogP contribution in [0.25, 0.3) is 10.9 Å². The van der Waals surface area contributed by atoms with Gasteiger partial charge in [0.25, 0.3) is 0 Å². The van der Waals surface area contributed by atoms with E-state index in [2.05, 4.69) is 9.88 Å². The molecule has 1 saturated heterocycles. The second-order valence-electron chi connectivity index (χ2n) is 12.7. The van der Waals surface area contributed by atoms with Gasteiger partial charge in [0, 0.05) is 55.7 Å². The van der Waals surface area contributed by atoms with Gasteiger partial charge in [-0.1, -0.05) is 24.3 Å². The summed E-state index contributed by atoms with van der Waals surface area (Å²) in [4.78, 5) is 47.9. The number of carbonyl (C=O) groups excluding carboxylic acids is 3. The summed E-state index contributed by atoms with van der Waals surface area (Å²) >= 11 is 0. The molecule has 1 aliphatic heterocycles. The van der Waals surface area contributed by atoms with Crippen molar-refractivity contribution in [1.29, 1.82) is 0 Å². The zero-order chi connectivity index (χ0) is 33.3. The van der Waals surface area contributed by atoms with Crippen molar-refractivity contribution in [3.8, 4) is 23.0 Å². The Hall–Kier alpha value is -4.83. The number of amides is 1. The van der Waals surface area contributed by atoms with E-state index < -0.39 is 11.5 Å². The largest absolute Gasteiger partial charge is 0.493 e. The minimum absolute atomic E-state index is 0.00419. The number of piperazine rings is 1. The van der Waals surface area contributed by atoms with Crippen LogP contribution in [0.4, 0.5) is 9.18 Å². The highest BCUT2D eigenvalue weighted by molar-refractivity contribution is 6.11. The highest BCUT2D eigenvalue weighted by Crippen LogP contribution is 2.49. The zero-order valence-electron chi connectivity index (χ0n) is 27.0. The molecule has 2 fully saturated rings. The van der Waals surface area contributed by atoms with E-state index in [1.165, 1.54) is 19.2 Å². The number of fused-ring (bicyclic) bond motifs is 1. The molecular formula is C37H38FN3O6. The highest BCUT2D eigenvalue weighted by Gasteiger charge is 2.54. The molecule has 0 spiro atoms. The minimum atomic E-state index is -0.952. The zero-order valence-corrected chi connectivity index (χ0v) is 27.0. The minimum Gasteiger partial charge on any atom is -0.493 e. The van der Waals surface area contributed by atoms with Gasteiger partial charge in [0.2, 0.25) is 0 Å². The van der Waals surface area contributed by atoms with Crippen LogP contribution in [0.2, 0.25) is 0 Å². The summed E-state index contributed by atoms with van der Waals surface area (Å²) in [7, 11) is 3.55. The summed E-state index contributed by atoms with van der Waals surface area (Å²) in [5.41, 5.74) is 1.09. The second-order valence-corrected chi connectivity index (χ2v) is 12.7. The molecule has 0 N–H and O–H groups in total. The van der Waals surface area contributed by atoms with Gasteiger partial charge in [0.15, 0.2) is 23.1 Å². The molecule has 0 radical (unpaired) electrons. The number of benzene rings is 3. The molecule has 2 heterocycles. The molecule has 1 aromatic heterocycles. The van der Waals surface area contributed by atoms with Gasteiger partial charge in [-0.2, -0.15) is 0 Å². The van der Waals surface area contributed by atoms with E-state index >= 15 is 0 Å². The van der Waals surface area contributed by atoms with Crippen LogP contribution in [0.15, 0.2) is 72.9 Å². The molecule has 244 valence electrons. The monoisotopic (exact) mass is 639 g/mol. The Balaban J connectivity index is 1.13. The topological polar surface area (TPSA) is 98.3 Å². The number of pyridine rings is 1. The fourth-order valence-corrected chi connectivity index (χ4v) is 6.50. The highest BCUT2D eigenvalue weighted by atomic mass is 19.1. The molecule has 2 atom stereocenters. The first-order chi connectivity index (χ1) is 22.6. The lowest BCUT2D eigenvalue weighted by molar-refractivity contribution is -0.133. The van der Waals surface area contributed by atoms with E-state index in [0.717, 1.165) is 18.7 Å². The first-order valence-corrected chi connectivity index (χ1v) is 15.8. The lowest BCUT2D eigenvalue weighted by atomic mass is 9.88. The van der Waals surface area contributed by atoms with Crippen molar-refractivity contribution in [2.75, 3.05) is 27.2 Å². The Kier molecular flexibility index (Phi) is 8.96. The number of hydrogen-bond donors (Lipinski definition) is 0. The summed E-state index contributed by atoms with van der Waals surface area (Å²) in [5, 5.41) is 0.667. The van der Waals surface area contributed by atoms with Crippen LogP contribution in [0.5, 0.6) is 23.0 Å².